The second-order valence-corrected chi connectivity index (χ2v) is 4.33. The fraction of sp³-hybridized carbons (Fsp3) is 0.250. The molecule has 1 heterocycles. The molecule has 5 N–H and O–H groups in total. The third-order valence-corrected chi connectivity index (χ3v) is 2.70. The Labute approximate surface area is 128 Å². The average Bonchev–Trinajstić information content (AvgIpc) is 2.98. The number of nitrogens with two attached hydrogens (primary N) is 1. The van der Waals surface area contributed by atoms with Gasteiger partial charge in [0.25, 0.3) is 0 Å². The van der Waals surface area contributed by atoms with Gasteiger partial charge in [0.15, 0.2) is 5.69 Å². The highest BCUT2D eigenvalue weighted by Crippen LogP contribution is 2.30. The van der Waals surface area contributed by atoms with Crippen LogP contribution in [0.4, 0.5) is 24.7 Å². The topological polar surface area (TPSA) is 122 Å². The van der Waals surface area contributed by atoms with Crippen molar-refractivity contribution in [3.63, 3.8) is 0 Å². The summed E-state index contributed by atoms with van der Waals surface area (Å²) >= 11 is 0. The molecule has 2 aromatic rings. The molecule has 0 spiro atoms. The second-order valence-electron chi connectivity index (χ2n) is 4.33. The molecule has 0 amide bonds. The van der Waals surface area contributed by atoms with E-state index in [1.165, 1.54) is 12.1 Å². The standard InChI is InChI=1S/C12H13F3N6O2/c13-12(14,15)7-2-1-3-8(6-7)18-11(19-22)9-10(17-5-4-16)21-23-20-9/h1-3,6,22H,4-5,16H2,(H,17,21)(H,18,19). The fourth-order valence-electron chi connectivity index (χ4n) is 1.69. The number of anilines is 2. The van der Waals surface area contributed by atoms with Crippen LogP contribution in [-0.4, -0.2) is 34.4 Å². The molecule has 0 saturated carbocycles. The second kappa shape index (κ2) is 6.96. The maximum atomic E-state index is 12.7. The number of nitrogens with zero attached hydrogens (tertiary/aromatic N) is 3. The van der Waals surface area contributed by atoms with Crippen molar-refractivity contribution in [2.75, 3.05) is 23.7 Å². The normalized spacial score (nSPS) is 12.3. The maximum absolute atomic E-state index is 12.7. The van der Waals surface area contributed by atoms with Crippen molar-refractivity contribution in [3.05, 3.63) is 35.5 Å². The third kappa shape index (κ3) is 4.10. The Balaban J connectivity index is 2.23. The van der Waals surface area contributed by atoms with Gasteiger partial charge in [-0.05, 0) is 28.5 Å². The summed E-state index contributed by atoms with van der Waals surface area (Å²) in [5.41, 5.74) is 4.55. The molecule has 0 bridgehead atoms. The monoisotopic (exact) mass is 330 g/mol. The zero-order valence-corrected chi connectivity index (χ0v) is 11.6. The van der Waals surface area contributed by atoms with Crippen LogP contribution < -0.4 is 16.4 Å². The van der Waals surface area contributed by atoms with Crippen molar-refractivity contribution in [3.8, 4) is 0 Å². The number of aromatic nitrogens is 2. The largest absolute Gasteiger partial charge is 0.416 e. The van der Waals surface area contributed by atoms with Gasteiger partial charge in [-0.1, -0.05) is 11.2 Å². The van der Waals surface area contributed by atoms with Gasteiger partial charge < -0.3 is 21.6 Å². The number of hydrogen-bond acceptors (Lipinski definition) is 7. The van der Waals surface area contributed by atoms with E-state index in [2.05, 4.69) is 30.7 Å². The summed E-state index contributed by atoms with van der Waals surface area (Å²) in [4.78, 5) is 0. The van der Waals surface area contributed by atoms with Crippen molar-refractivity contribution in [1.29, 1.82) is 0 Å². The number of halogens is 3. The SMILES string of the molecule is NCCNc1nonc1/C(=N/O)Nc1cccc(C(F)(F)F)c1. The lowest BCUT2D eigenvalue weighted by molar-refractivity contribution is -0.137. The van der Waals surface area contributed by atoms with Gasteiger partial charge in [-0.2, -0.15) is 13.2 Å². The summed E-state index contributed by atoms with van der Waals surface area (Å²) in [5.74, 6) is -0.0900. The Kier molecular flexibility index (Phi) is 5.01. The van der Waals surface area contributed by atoms with E-state index in [1.54, 1.807) is 0 Å². The van der Waals surface area contributed by atoms with Gasteiger partial charge in [-0.15, -0.1) is 0 Å². The smallest absolute Gasteiger partial charge is 0.409 e. The first-order valence-corrected chi connectivity index (χ1v) is 6.39. The van der Waals surface area contributed by atoms with E-state index >= 15 is 0 Å². The van der Waals surface area contributed by atoms with Crippen LogP contribution in [0.3, 0.4) is 0 Å². The highest BCUT2D eigenvalue weighted by Gasteiger charge is 2.30. The van der Waals surface area contributed by atoms with Gasteiger partial charge >= 0.3 is 6.18 Å². The third-order valence-electron chi connectivity index (χ3n) is 2.70. The summed E-state index contributed by atoms with van der Waals surface area (Å²) in [6, 6.07) is 4.38. The Morgan fingerprint density at radius 1 is 1.35 bits per heavy atom. The van der Waals surface area contributed by atoms with Crippen molar-refractivity contribution in [1.82, 2.24) is 10.3 Å². The van der Waals surface area contributed by atoms with Crippen LogP contribution in [0.15, 0.2) is 34.1 Å². The minimum absolute atomic E-state index is 0.00152. The number of rotatable bonds is 5. The number of benzene rings is 1. The Bertz CT molecular complexity index is 685. The van der Waals surface area contributed by atoms with Crippen LogP contribution in [0.5, 0.6) is 0 Å². The summed E-state index contributed by atoms with van der Waals surface area (Å²) in [6.45, 7) is 0.655. The van der Waals surface area contributed by atoms with Gasteiger partial charge in [0, 0.05) is 18.8 Å². The molecule has 0 aliphatic carbocycles. The van der Waals surface area contributed by atoms with Crippen molar-refractivity contribution in [2.45, 2.75) is 6.18 Å². The quantitative estimate of drug-likeness (QED) is 0.285. The molecule has 1 aromatic carbocycles. The number of amidine groups is 1. The highest BCUT2D eigenvalue weighted by molar-refractivity contribution is 6.09. The lowest BCUT2D eigenvalue weighted by Crippen LogP contribution is -2.19. The molecule has 0 atom stereocenters. The number of oxime groups is 1. The molecule has 124 valence electrons. The van der Waals surface area contributed by atoms with Gasteiger partial charge in [-0.3, -0.25) is 0 Å². The first-order valence-electron chi connectivity index (χ1n) is 6.39. The van der Waals surface area contributed by atoms with Crippen LogP contribution in [0, 0.1) is 0 Å². The molecule has 1 aromatic heterocycles. The zero-order chi connectivity index (χ0) is 16.9. The van der Waals surface area contributed by atoms with E-state index in [4.69, 9.17) is 10.9 Å². The molecule has 8 nitrogen and oxygen atoms in total. The predicted molar refractivity (Wildman–Crippen MR) is 75.2 cm³/mol. The summed E-state index contributed by atoms with van der Waals surface area (Å²) in [6.07, 6.45) is -4.49. The molecule has 2 rings (SSSR count). The highest BCUT2D eigenvalue weighted by atomic mass is 19.4. The van der Waals surface area contributed by atoms with E-state index < -0.39 is 11.7 Å². The van der Waals surface area contributed by atoms with E-state index in [-0.39, 0.29) is 23.0 Å². The molecule has 0 fully saturated rings. The van der Waals surface area contributed by atoms with Gasteiger partial charge in [-0.25, -0.2) is 4.63 Å². The number of nitrogens with one attached hydrogen (secondary N) is 2. The molecular weight excluding hydrogens is 317 g/mol. The average molecular weight is 330 g/mol. The van der Waals surface area contributed by atoms with E-state index in [9.17, 15) is 13.2 Å². The van der Waals surface area contributed by atoms with Crippen LogP contribution in [0.2, 0.25) is 0 Å². The van der Waals surface area contributed by atoms with Crippen LogP contribution >= 0.6 is 0 Å². The molecule has 0 aliphatic heterocycles. The summed E-state index contributed by atoms with van der Waals surface area (Å²) in [5, 5.41) is 24.5. The molecule has 0 radical (unpaired) electrons. The first kappa shape index (κ1) is 16.5. The maximum Gasteiger partial charge on any atom is 0.416 e. The Hall–Kier alpha value is -2.82. The summed E-state index contributed by atoms with van der Waals surface area (Å²) in [7, 11) is 0. The first-order chi connectivity index (χ1) is 11.0. The lowest BCUT2D eigenvalue weighted by Gasteiger charge is -2.10. The molecular formula is C12H13F3N6O2. The van der Waals surface area contributed by atoms with Crippen molar-refractivity contribution in [2.24, 2.45) is 10.9 Å². The number of hydrogen-bond donors (Lipinski definition) is 4. The minimum atomic E-state index is -4.49. The predicted octanol–water partition coefficient (Wildman–Crippen LogP) is 1.71. The fourth-order valence-corrected chi connectivity index (χ4v) is 1.69. The minimum Gasteiger partial charge on any atom is -0.409 e. The van der Waals surface area contributed by atoms with E-state index in [1.807, 2.05) is 0 Å². The van der Waals surface area contributed by atoms with Gasteiger partial charge in [0.2, 0.25) is 11.7 Å². The molecule has 23 heavy (non-hydrogen) atoms. The molecule has 0 saturated heterocycles. The van der Waals surface area contributed by atoms with Crippen LogP contribution in [0.25, 0.3) is 0 Å². The van der Waals surface area contributed by atoms with Crippen LogP contribution in [-0.2, 0) is 6.18 Å². The number of alkyl halides is 3. The van der Waals surface area contributed by atoms with Crippen molar-refractivity contribution < 1.29 is 23.0 Å². The van der Waals surface area contributed by atoms with Crippen LogP contribution in [0.1, 0.15) is 11.3 Å². The van der Waals surface area contributed by atoms with E-state index in [0.29, 0.717) is 13.1 Å². The van der Waals surface area contributed by atoms with E-state index in [0.717, 1.165) is 12.1 Å². The van der Waals surface area contributed by atoms with Gasteiger partial charge in [0.1, 0.15) is 0 Å². The molecule has 0 unspecified atom stereocenters. The lowest BCUT2D eigenvalue weighted by atomic mass is 10.2. The summed E-state index contributed by atoms with van der Waals surface area (Å²) < 4.78 is 42.6. The Morgan fingerprint density at radius 3 is 2.78 bits per heavy atom. The molecule has 0 aliphatic rings. The van der Waals surface area contributed by atoms with Gasteiger partial charge in [0.05, 0.1) is 5.56 Å². The Morgan fingerprint density at radius 2 is 2.13 bits per heavy atom. The van der Waals surface area contributed by atoms with Crippen molar-refractivity contribution >= 4 is 17.3 Å². The zero-order valence-electron chi connectivity index (χ0n) is 11.6. The molecule has 11 heteroatoms.